The SMILES string of the molecule is O=C(COc1ccccc1O)NCc1ccccc1CN1CCOCC1. The molecule has 1 aliphatic rings. The number of hydrogen-bond acceptors (Lipinski definition) is 5. The van der Waals surface area contributed by atoms with Crippen molar-refractivity contribution in [3.8, 4) is 11.5 Å². The summed E-state index contributed by atoms with van der Waals surface area (Å²) in [5, 5.41) is 12.5. The number of morpholine rings is 1. The molecule has 0 aromatic heterocycles. The number of aromatic hydroxyl groups is 1. The van der Waals surface area contributed by atoms with E-state index >= 15 is 0 Å². The number of carbonyl (C=O) groups is 1. The minimum Gasteiger partial charge on any atom is -0.504 e. The molecular formula is C20H24N2O4. The Hall–Kier alpha value is -2.57. The summed E-state index contributed by atoms with van der Waals surface area (Å²) < 4.78 is 10.7. The first-order valence-corrected chi connectivity index (χ1v) is 8.77. The van der Waals surface area contributed by atoms with Crippen LogP contribution in [0.5, 0.6) is 11.5 Å². The van der Waals surface area contributed by atoms with Crippen LogP contribution in [-0.2, 0) is 22.6 Å². The zero-order chi connectivity index (χ0) is 18.2. The molecule has 2 aromatic rings. The number of phenolic OH excluding ortho intramolecular Hbond substituents is 1. The summed E-state index contributed by atoms with van der Waals surface area (Å²) in [6.07, 6.45) is 0. The number of amides is 1. The molecule has 1 saturated heterocycles. The van der Waals surface area contributed by atoms with Crippen LogP contribution in [0.25, 0.3) is 0 Å². The fourth-order valence-corrected chi connectivity index (χ4v) is 2.85. The quantitative estimate of drug-likeness (QED) is 0.793. The van der Waals surface area contributed by atoms with Crippen molar-refractivity contribution in [1.29, 1.82) is 0 Å². The van der Waals surface area contributed by atoms with Gasteiger partial charge in [-0.1, -0.05) is 36.4 Å². The lowest BCUT2D eigenvalue weighted by Crippen LogP contribution is -2.36. The molecule has 1 fully saturated rings. The largest absolute Gasteiger partial charge is 0.504 e. The Morgan fingerprint density at radius 3 is 2.54 bits per heavy atom. The lowest BCUT2D eigenvalue weighted by Gasteiger charge is -2.27. The third-order valence-corrected chi connectivity index (χ3v) is 4.32. The molecule has 3 rings (SSSR count). The summed E-state index contributed by atoms with van der Waals surface area (Å²) >= 11 is 0. The van der Waals surface area contributed by atoms with Crippen LogP contribution >= 0.6 is 0 Å². The standard InChI is InChI=1S/C20H24N2O4/c23-18-7-3-4-8-19(18)26-15-20(24)21-13-16-5-1-2-6-17(16)14-22-9-11-25-12-10-22/h1-8,23H,9-15H2,(H,21,24). The third kappa shape index (κ3) is 5.21. The van der Waals surface area contributed by atoms with E-state index < -0.39 is 0 Å². The average Bonchev–Trinajstić information content (AvgIpc) is 2.67. The fourth-order valence-electron chi connectivity index (χ4n) is 2.85. The molecule has 0 saturated carbocycles. The molecular weight excluding hydrogens is 332 g/mol. The molecule has 26 heavy (non-hydrogen) atoms. The van der Waals surface area contributed by atoms with Crippen molar-refractivity contribution in [1.82, 2.24) is 10.2 Å². The van der Waals surface area contributed by atoms with Crippen molar-refractivity contribution in [2.45, 2.75) is 13.1 Å². The zero-order valence-electron chi connectivity index (χ0n) is 14.7. The Kier molecular flexibility index (Phi) is 6.46. The van der Waals surface area contributed by atoms with Gasteiger partial charge < -0.3 is 19.9 Å². The van der Waals surface area contributed by atoms with E-state index in [1.807, 2.05) is 18.2 Å². The van der Waals surface area contributed by atoms with Crippen molar-refractivity contribution < 1.29 is 19.4 Å². The Morgan fingerprint density at radius 1 is 1.08 bits per heavy atom. The number of para-hydroxylation sites is 2. The van der Waals surface area contributed by atoms with Gasteiger partial charge in [0.05, 0.1) is 13.2 Å². The Bertz CT molecular complexity index is 729. The highest BCUT2D eigenvalue weighted by Gasteiger charge is 2.13. The summed E-state index contributed by atoms with van der Waals surface area (Å²) in [7, 11) is 0. The Morgan fingerprint density at radius 2 is 1.77 bits per heavy atom. The molecule has 1 amide bonds. The number of hydrogen-bond donors (Lipinski definition) is 2. The normalized spacial score (nSPS) is 14.8. The molecule has 138 valence electrons. The van der Waals surface area contributed by atoms with E-state index in [4.69, 9.17) is 9.47 Å². The number of nitrogens with zero attached hydrogens (tertiary/aromatic N) is 1. The summed E-state index contributed by atoms with van der Waals surface area (Å²) in [6, 6.07) is 14.7. The first-order valence-electron chi connectivity index (χ1n) is 8.77. The predicted molar refractivity (Wildman–Crippen MR) is 98.0 cm³/mol. The Labute approximate surface area is 153 Å². The van der Waals surface area contributed by atoms with Crippen LogP contribution in [0.4, 0.5) is 0 Å². The first-order chi connectivity index (χ1) is 12.7. The second kappa shape index (κ2) is 9.22. The molecule has 0 radical (unpaired) electrons. The Balaban J connectivity index is 1.51. The lowest BCUT2D eigenvalue weighted by atomic mass is 10.1. The predicted octanol–water partition coefficient (Wildman–Crippen LogP) is 1.92. The van der Waals surface area contributed by atoms with Gasteiger partial charge in [0.15, 0.2) is 18.1 Å². The van der Waals surface area contributed by atoms with Gasteiger partial charge in [0.1, 0.15) is 0 Å². The number of phenols is 1. The summed E-state index contributed by atoms with van der Waals surface area (Å²) in [5.74, 6) is 0.0981. The van der Waals surface area contributed by atoms with Gasteiger partial charge >= 0.3 is 0 Å². The first kappa shape index (κ1) is 18.2. The van der Waals surface area contributed by atoms with Crippen LogP contribution in [0, 0.1) is 0 Å². The van der Waals surface area contributed by atoms with Crippen LogP contribution in [0.2, 0.25) is 0 Å². The van der Waals surface area contributed by atoms with Gasteiger partial charge in [0.25, 0.3) is 5.91 Å². The van der Waals surface area contributed by atoms with Gasteiger partial charge in [-0.2, -0.15) is 0 Å². The van der Waals surface area contributed by atoms with Crippen LogP contribution in [0.15, 0.2) is 48.5 Å². The van der Waals surface area contributed by atoms with Crippen molar-refractivity contribution in [2.75, 3.05) is 32.9 Å². The van der Waals surface area contributed by atoms with E-state index in [0.29, 0.717) is 12.3 Å². The van der Waals surface area contributed by atoms with Gasteiger partial charge in [-0.05, 0) is 23.3 Å². The second-order valence-electron chi connectivity index (χ2n) is 6.19. The summed E-state index contributed by atoms with van der Waals surface area (Å²) in [4.78, 5) is 14.4. The molecule has 0 bridgehead atoms. The van der Waals surface area contributed by atoms with E-state index in [0.717, 1.165) is 38.4 Å². The molecule has 0 atom stereocenters. The molecule has 6 nitrogen and oxygen atoms in total. The molecule has 2 N–H and O–H groups in total. The summed E-state index contributed by atoms with van der Waals surface area (Å²) in [5.41, 5.74) is 2.30. The number of rotatable bonds is 7. The van der Waals surface area contributed by atoms with Gasteiger partial charge in [0.2, 0.25) is 0 Å². The maximum absolute atomic E-state index is 12.1. The monoisotopic (exact) mass is 356 g/mol. The number of ether oxygens (including phenoxy) is 2. The van der Waals surface area contributed by atoms with Crippen molar-refractivity contribution in [2.24, 2.45) is 0 Å². The summed E-state index contributed by atoms with van der Waals surface area (Å²) in [6.45, 7) is 4.55. The molecule has 2 aromatic carbocycles. The number of benzene rings is 2. The van der Waals surface area contributed by atoms with Gasteiger partial charge in [0, 0.05) is 26.2 Å². The fraction of sp³-hybridized carbons (Fsp3) is 0.350. The molecule has 0 aliphatic carbocycles. The lowest BCUT2D eigenvalue weighted by molar-refractivity contribution is -0.123. The van der Waals surface area contributed by atoms with Crippen molar-refractivity contribution in [3.63, 3.8) is 0 Å². The van der Waals surface area contributed by atoms with E-state index in [2.05, 4.69) is 16.3 Å². The zero-order valence-corrected chi connectivity index (χ0v) is 14.7. The van der Waals surface area contributed by atoms with E-state index in [9.17, 15) is 9.90 Å². The minimum atomic E-state index is -0.227. The smallest absolute Gasteiger partial charge is 0.258 e. The second-order valence-corrected chi connectivity index (χ2v) is 6.19. The number of nitrogens with one attached hydrogen (secondary N) is 1. The minimum absolute atomic E-state index is 0.0242. The highest BCUT2D eigenvalue weighted by molar-refractivity contribution is 5.77. The highest BCUT2D eigenvalue weighted by Crippen LogP contribution is 2.24. The maximum Gasteiger partial charge on any atom is 0.258 e. The van der Waals surface area contributed by atoms with Crippen LogP contribution in [0.1, 0.15) is 11.1 Å². The van der Waals surface area contributed by atoms with E-state index in [1.165, 1.54) is 11.6 Å². The third-order valence-electron chi connectivity index (χ3n) is 4.32. The van der Waals surface area contributed by atoms with Crippen molar-refractivity contribution in [3.05, 3.63) is 59.7 Å². The topological polar surface area (TPSA) is 71.0 Å². The van der Waals surface area contributed by atoms with Gasteiger partial charge in [-0.25, -0.2) is 0 Å². The average molecular weight is 356 g/mol. The van der Waals surface area contributed by atoms with Crippen LogP contribution in [0.3, 0.4) is 0 Å². The van der Waals surface area contributed by atoms with E-state index in [1.54, 1.807) is 18.2 Å². The van der Waals surface area contributed by atoms with E-state index in [-0.39, 0.29) is 18.3 Å². The number of carbonyl (C=O) groups excluding carboxylic acids is 1. The van der Waals surface area contributed by atoms with Gasteiger partial charge in [-0.15, -0.1) is 0 Å². The maximum atomic E-state index is 12.1. The molecule has 1 aliphatic heterocycles. The van der Waals surface area contributed by atoms with Crippen molar-refractivity contribution >= 4 is 5.91 Å². The molecule has 1 heterocycles. The molecule has 6 heteroatoms. The highest BCUT2D eigenvalue weighted by atomic mass is 16.5. The van der Waals surface area contributed by atoms with Crippen LogP contribution < -0.4 is 10.1 Å². The van der Waals surface area contributed by atoms with Crippen LogP contribution in [-0.4, -0.2) is 48.8 Å². The molecule has 0 spiro atoms. The molecule has 0 unspecified atom stereocenters. The van der Waals surface area contributed by atoms with Gasteiger partial charge in [-0.3, -0.25) is 9.69 Å².